The molecule has 0 saturated carbocycles. The molecule has 27 heavy (non-hydrogen) atoms. The van der Waals surface area contributed by atoms with Gasteiger partial charge in [0, 0.05) is 5.56 Å². The molecule has 0 aliphatic carbocycles. The molecule has 2 N–H and O–H groups in total. The van der Waals surface area contributed by atoms with Crippen LogP contribution in [0.5, 0.6) is 5.75 Å². The highest BCUT2D eigenvalue weighted by Crippen LogP contribution is 2.38. The highest BCUT2D eigenvalue weighted by molar-refractivity contribution is 6.74. The number of nitrogens with two attached hydrogens (primary N) is 1. The van der Waals surface area contributed by atoms with Gasteiger partial charge in [-0.2, -0.15) is 0 Å². The van der Waals surface area contributed by atoms with Gasteiger partial charge >= 0.3 is 0 Å². The number of rotatable bonds is 8. The third kappa shape index (κ3) is 6.62. The van der Waals surface area contributed by atoms with Crippen LogP contribution < -0.4 is 10.5 Å². The molecule has 0 spiro atoms. The number of nitrogen functional groups attached to an aromatic ring is 1. The minimum Gasteiger partial charge on any atom is -0.489 e. The minimum absolute atomic E-state index is 0.172. The second-order valence-electron chi connectivity index (χ2n) is 10.3. The van der Waals surface area contributed by atoms with Crippen LogP contribution in [0, 0.1) is 0 Å². The summed E-state index contributed by atoms with van der Waals surface area (Å²) in [6, 6.07) is 5.87. The van der Waals surface area contributed by atoms with Gasteiger partial charge in [0.15, 0.2) is 16.6 Å². The fourth-order valence-electron chi connectivity index (χ4n) is 2.03. The molecule has 1 aromatic carbocycles. The first kappa shape index (κ1) is 24.2. The second kappa shape index (κ2) is 8.68. The summed E-state index contributed by atoms with van der Waals surface area (Å²) in [4.78, 5) is 0. The molecule has 0 radical (unpaired) electrons. The molecule has 0 aromatic heterocycles. The molecule has 0 unspecified atom stereocenters. The normalized spacial score (nSPS) is 13.7. The van der Waals surface area contributed by atoms with Crippen LogP contribution in [0.3, 0.4) is 0 Å². The monoisotopic (exact) mass is 411 g/mol. The van der Waals surface area contributed by atoms with Crippen LogP contribution in [0.2, 0.25) is 36.3 Å². The molecule has 0 fully saturated rings. The Morgan fingerprint density at radius 1 is 0.815 bits per heavy atom. The molecular weight excluding hydrogens is 370 g/mol. The Balaban J connectivity index is 2.74. The Labute approximate surface area is 169 Å². The maximum absolute atomic E-state index is 6.36. The van der Waals surface area contributed by atoms with Crippen LogP contribution in [0.15, 0.2) is 18.2 Å². The van der Waals surface area contributed by atoms with E-state index < -0.39 is 16.6 Å². The molecule has 0 bridgehead atoms. The standard InChI is InChI=1S/C21H41NO3Si2/c1-20(2,3)26(7,8)24-15-14-23-19-17(12-11-13-18(19)22)16-25-27(9,10)21(4,5)6/h11-13H,14-16,22H2,1-10H3. The maximum atomic E-state index is 6.36. The van der Waals surface area contributed by atoms with Crippen molar-refractivity contribution in [2.75, 3.05) is 18.9 Å². The van der Waals surface area contributed by atoms with Gasteiger partial charge in [-0.1, -0.05) is 53.7 Å². The molecule has 4 nitrogen and oxygen atoms in total. The van der Waals surface area contributed by atoms with Crippen LogP contribution in [0.1, 0.15) is 47.1 Å². The minimum atomic E-state index is -1.83. The highest BCUT2D eigenvalue weighted by Gasteiger charge is 2.38. The van der Waals surface area contributed by atoms with Gasteiger partial charge in [0.1, 0.15) is 12.4 Å². The average Bonchev–Trinajstić information content (AvgIpc) is 2.48. The third-order valence-electron chi connectivity index (χ3n) is 6.12. The lowest BCUT2D eigenvalue weighted by Crippen LogP contribution is -2.41. The predicted molar refractivity (Wildman–Crippen MR) is 121 cm³/mol. The summed E-state index contributed by atoms with van der Waals surface area (Å²) in [7, 11) is -3.59. The van der Waals surface area contributed by atoms with Crippen molar-refractivity contribution in [2.24, 2.45) is 0 Å². The summed E-state index contributed by atoms with van der Waals surface area (Å²) in [5, 5.41) is 0.367. The van der Waals surface area contributed by atoms with E-state index in [4.69, 9.17) is 19.3 Å². The van der Waals surface area contributed by atoms with E-state index in [-0.39, 0.29) is 10.1 Å². The Morgan fingerprint density at radius 3 is 1.85 bits per heavy atom. The van der Waals surface area contributed by atoms with Crippen LogP contribution in [0.25, 0.3) is 0 Å². The van der Waals surface area contributed by atoms with E-state index in [1.54, 1.807) is 0 Å². The van der Waals surface area contributed by atoms with E-state index >= 15 is 0 Å². The lowest BCUT2D eigenvalue weighted by atomic mass is 10.2. The summed E-state index contributed by atoms with van der Waals surface area (Å²) in [6.45, 7) is 24.1. The predicted octanol–water partition coefficient (Wildman–Crippen LogP) is 6.19. The Kier molecular flexibility index (Phi) is 7.78. The van der Waals surface area contributed by atoms with E-state index in [2.05, 4.69) is 67.7 Å². The molecule has 0 saturated heterocycles. The molecule has 0 aliphatic rings. The molecule has 156 valence electrons. The van der Waals surface area contributed by atoms with Crippen LogP contribution in [-0.2, 0) is 15.5 Å². The van der Waals surface area contributed by atoms with Crippen molar-refractivity contribution in [2.45, 2.75) is 84.4 Å². The molecular formula is C21H41NO3Si2. The number of anilines is 1. The number of hydrogen-bond donors (Lipinski definition) is 1. The van der Waals surface area contributed by atoms with Gasteiger partial charge in [-0.15, -0.1) is 0 Å². The van der Waals surface area contributed by atoms with E-state index in [0.29, 0.717) is 25.5 Å². The zero-order chi connectivity index (χ0) is 21.1. The fourth-order valence-corrected chi connectivity index (χ4v) is 4.00. The Hall–Kier alpha value is -0.826. The molecule has 1 aromatic rings. The smallest absolute Gasteiger partial charge is 0.192 e. The number of ether oxygens (including phenoxy) is 1. The van der Waals surface area contributed by atoms with Crippen LogP contribution in [0.4, 0.5) is 5.69 Å². The van der Waals surface area contributed by atoms with Gasteiger partial charge < -0.3 is 19.3 Å². The average molecular weight is 412 g/mol. The van der Waals surface area contributed by atoms with Crippen molar-refractivity contribution >= 4 is 22.3 Å². The van der Waals surface area contributed by atoms with Gasteiger partial charge in [0.25, 0.3) is 0 Å². The summed E-state index contributed by atoms with van der Waals surface area (Å²) >= 11 is 0. The van der Waals surface area contributed by atoms with Gasteiger partial charge in [0.2, 0.25) is 0 Å². The number of benzene rings is 1. The molecule has 0 aliphatic heterocycles. The number of para-hydroxylation sites is 1. The van der Waals surface area contributed by atoms with Crippen molar-refractivity contribution in [1.29, 1.82) is 0 Å². The van der Waals surface area contributed by atoms with Crippen molar-refractivity contribution in [1.82, 2.24) is 0 Å². The highest BCUT2D eigenvalue weighted by atomic mass is 28.4. The Morgan fingerprint density at radius 2 is 1.33 bits per heavy atom. The maximum Gasteiger partial charge on any atom is 0.192 e. The Bertz CT molecular complexity index is 617. The zero-order valence-corrected chi connectivity index (χ0v) is 21.2. The van der Waals surface area contributed by atoms with Gasteiger partial charge in [-0.3, -0.25) is 0 Å². The molecule has 6 heteroatoms. The SMILES string of the molecule is CC(C)(C)[Si](C)(C)OCCOc1c(N)cccc1CO[Si](C)(C)C(C)(C)C. The summed E-state index contributed by atoms with van der Waals surface area (Å²) in [5.74, 6) is 0.732. The van der Waals surface area contributed by atoms with Gasteiger partial charge in [-0.05, 0) is 42.3 Å². The molecule has 0 amide bonds. The van der Waals surface area contributed by atoms with E-state index in [0.717, 1.165) is 11.3 Å². The van der Waals surface area contributed by atoms with Crippen molar-refractivity contribution in [3.8, 4) is 5.75 Å². The van der Waals surface area contributed by atoms with E-state index in [1.165, 1.54) is 0 Å². The lowest BCUT2D eigenvalue weighted by molar-refractivity contribution is 0.199. The quantitative estimate of drug-likeness (QED) is 0.315. The molecule has 1 rings (SSSR count). The lowest BCUT2D eigenvalue weighted by Gasteiger charge is -2.36. The zero-order valence-electron chi connectivity index (χ0n) is 19.2. The van der Waals surface area contributed by atoms with Crippen molar-refractivity contribution in [3.05, 3.63) is 23.8 Å². The first-order chi connectivity index (χ1) is 12.1. The van der Waals surface area contributed by atoms with Crippen molar-refractivity contribution < 1.29 is 13.6 Å². The fraction of sp³-hybridized carbons (Fsp3) is 0.714. The van der Waals surface area contributed by atoms with E-state index in [9.17, 15) is 0 Å². The number of hydrogen-bond acceptors (Lipinski definition) is 4. The first-order valence-corrected chi connectivity index (χ1v) is 15.7. The van der Waals surface area contributed by atoms with Crippen LogP contribution >= 0.6 is 0 Å². The summed E-state index contributed by atoms with van der Waals surface area (Å²) in [6.07, 6.45) is 0. The molecule has 0 atom stereocenters. The van der Waals surface area contributed by atoms with Crippen molar-refractivity contribution in [3.63, 3.8) is 0 Å². The van der Waals surface area contributed by atoms with Crippen LogP contribution in [-0.4, -0.2) is 29.8 Å². The second-order valence-corrected chi connectivity index (χ2v) is 20.0. The summed E-state index contributed by atoms with van der Waals surface area (Å²) in [5.41, 5.74) is 7.84. The van der Waals surface area contributed by atoms with E-state index in [1.807, 2.05) is 18.2 Å². The summed E-state index contributed by atoms with van der Waals surface area (Å²) < 4.78 is 18.6. The first-order valence-electron chi connectivity index (χ1n) is 9.86. The molecule has 0 heterocycles. The van der Waals surface area contributed by atoms with Gasteiger partial charge in [0.05, 0.1) is 18.9 Å². The largest absolute Gasteiger partial charge is 0.489 e. The third-order valence-corrected chi connectivity index (χ3v) is 15.1. The topological polar surface area (TPSA) is 53.7 Å². The van der Waals surface area contributed by atoms with Gasteiger partial charge in [-0.25, -0.2) is 0 Å².